The number of amides is 1. The van der Waals surface area contributed by atoms with Crippen molar-refractivity contribution in [3.63, 3.8) is 0 Å². The van der Waals surface area contributed by atoms with Gasteiger partial charge >= 0.3 is 40.4 Å². The zero-order valence-corrected chi connectivity index (χ0v) is 71.7. The first kappa shape index (κ1) is 106. The van der Waals surface area contributed by atoms with E-state index in [1.54, 1.807) is 142 Å². The molecule has 2 aliphatic rings. The first-order chi connectivity index (χ1) is 58.6. The molecular weight excluding hydrogens is 1750 g/mol. The number of ether oxygens (including phenoxy) is 1. The summed E-state index contributed by atoms with van der Waals surface area (Å²) in [5.41, 5.74) is 20.8. The van der Waals surface area contributed by atoms with Crippen molar-refractivity contribution in [3.8, 4) is 17.4 Å². The maximum absolute atomic E-state index is 14.5. The third-order valence-electron chi connectivity index (χ3n) is 16.2. The molecule has 124 heavy (non-hydrogen) atoms. The molecule has 3 unspecified atom stereocenters. The Hall–Kier alpha value is -12.1. The monoisotopic (exact) mass is 1840 g/mol. The van der Waals surface area contributed by atoms with Crippen molar-refractivity contribution in [1.29, 1.82) is 5.26 Å². The zero-order valence-electron chi connectivity index (χ0n) is 66.4. The fourth-order valence-electron chi connectivity index (χ4n) is 10.0. The second kappa shape index (κ2) is 58.1. The van der Waals surface area contributed by atoms with Crippen LogP contribution in [0.25, 0.3) is 16.2 Å². The van der Waals surface area contributed by atoms with Gasteiger partial charge in [0.05, 0.1) is 62.2 Å². The summed E-state index contributed by atoms with van der Waals surface area (Å²) in [5, 5.41) is 91.4. The van der Waals surface area contributed by atoms with Crippen molar-refractivity contribution in [1.82, 2.24) is 44.8 Å². The summed E-state index contributed by atoms with van der Waals surface area (Å²) < 4.78 is 69.9. The Balaban J connectivity index is 0.000000379. The summed E-state index contributed by atoms with van der Waals surface area (Å²) in [6.07, 6.45) is 15.2. The number of hydrogen-bond donors (Lipinski definition) is 10. The second-order valence-electron chi connectivity index (χ2n) is 25.3. The minimum atomic E-state index is -1.67. The first-order valence-electron chi connectivity index (χ1n) is 36.5. The van der Waals surface area contributed by atoms with E-state index in [1.165, 1.54) is 102 Å². The van der Waals surface area contributed by atoms with Crippen LogP contribution >= 0.6 is 21.4 Å². The summed E-state index contributed by atoms with van der Waals surface area (Å²) in [7, 11) is 7.36. The van der Waals surface area contributed by atoms with Gasteiger partial charge in [-0.15, -0.1) is 0 Å². The van der Waals surface area contributed by atoms with Crippen LogP contribution in [-0.2, 0) is 14.0 Å². The summed E-state index contributed by atoms with van der Waals surface area (Å²) in [4.78, 5) is 72.1. The van der Waals surface area contributed by atoms with Crippen molar-refractivity contribution in [3.05, 3.63) is 360 Å². The van der Waals surface area contributed by atoms with Crippen LogP contribution < -0.4 is 44.8 Å². The van der Waals surface area contributed by atoms with E-state index in [-0.39, 0.29) is 73.9 Å². The number of nitriles is 1. The molecule has 2 fully saturated rings. The van der Waals surface area contributed by atoms with Gasteiger partial charge in [-0.2, -0.15) is 30.3 Å². The molecule has 1 amide bonds. The van der Waals surface area contributed by atoms with E-state index in [0.717, 1.165) is 50.6 Å². The van der Waals surface area contributed by atoms with Gasteiger partial charge in [-0.05, 0) is 165 Å². The van der Waals surface area contributed by atoms with E-state index >= 15 is 0 Å². The average molecular weight is 1840 g/mol. The van der Waals surface area contributed by atoms with E-state index in [4.69, 9.17) is 48.2 Å². The molecule has 1 aliphatic carbocycles. The number of nitro groups is 2. The number of nitrogen functional groups attached to an aromatic ring is 1. The number of carboxylic acids is 1. The van der Waals surface area contributed by atoms with Crippen LogP contribution in [0.2, 0.25) is 0 Å². The summed E-state index contributed by atoms with van der Waals surface area (Å²) in [6, 6.07) is 49.4. The minimum absolute atomic E-state index is 0. The van der Waals surface area contributed by atoms with Gasteiger partial charge in [0.15, 0.2) is 11.4 Å². The Morgan fingerprint density at radius 1 is 0.669 bits per heavy atom. The number of rotatable bonds is 19. The molecule has 6 aromatic carbocycles. The molecule has 6 aromatic heterocycles. The molecule has 1 saturated heterocycles. The van der Waals surface area contributed by atoms with Gasteiger partial charge in [0.25, 0.3) is 5.91 Å². The molecular formula is C84H84BrCl2F4MgN17O14S. The number of hydrogen-bond acceptors (Lipinski definition) is 24. The van der Waals surface area contributed by atoms with E-state index in [2.05, 4.69) is 73.0 Å². The smallest absolute Gasteiger partial charge is 1.00 e. The number of nitrogens with zero attached hydrogens (tertiary/aromatic N) is 12. The van der Waals surface area contributed by atoms with E-state index < -0.39 is 83.9 Å². The Morgan fingerprint density at radius 2 is 1.14 bits per heavy atom. The molecule has 0 bridgehead atoms. The molecule has 1 saturated carbocycles. The fourth-order valence-corrected chi connectivity index (χ4v) is 10.0. The van der Waals surface area contributed by atoms with Crippen LogP contribution in [0.3, 0.4) is 0 Å². The minimum Gasteiger partial charge on any atom is -1.00 e. The molecule has 40 heteroatoms. The van der Waals surface area contributed by atoms with Gasteiger partial charge < -0.3 is 80.1 Å². The van der Waals surface area contributed by atoms with Crippen LogP contribution in [0, 0.1) is 87.2 Å². The number of aromatic nitrogens is 8. The first-order valence-corrected chi connectivity index (χ1v) is 39.3. The van der Waals surface area contributed by atoms with Crippen LogP contribution in [0.4, 0.5) is 46.0 Å². The molecule has 0 spiro atoms. The van der Waals surface area contributed by atoms with Crippen LogP contribution in [0.15, 0.2) is 232 Å². The topological polar surface area (TPSA) is 482 Å². The number of aliphatic hydroxyl groups is 4. The van der Waals surface area contributed by atoms with Crippen molar-refractivity contribution in [2.75, 3.05) is 57.1 Å². The van der Waals surface area contributed by atoms with E-state index in [1.807, 2.05) is 18.2 Å². The van der Waals surface area contributed by atoms with Gasteiger partial charge in [0.2, 0.25) is 20.9 Å². The summed E-state index contributed by atoms with van der Waals surface area (Å²) >= 11 is 0. The maximum atomic E-state index is 14.5. The number of nitrogens with one attached hydrogen (secondary N) is 2. The number of nitrogens with two attached hydrogens (primary N) is 3. The summed E-state index contributed by atoms with van der Waals surface area (Å²) in [6.45, 7) is 16.2. The van der Waals surface area contributed by atoms with Crippen molar-refractivity contribution < 1.29 is 93.3 Å². The summed E-state index contributed by atoms with van der Waals surface area (Å²) in [5.74, 6) is -3.93. The van der Waals surface area contributed by atoms with Crippen LogP contribution in [0.1, 0.15) is 126 Å². The molecule has 31 nitrogen and oxygen atoms in total. The molecule has 7 heterocycles. The third-order valence-corrected chi connectivity index (χ3v) is 16.2. The van der Waals surface area contributed by atoms with Crippen LogP contribution in [0.5, 0.6) is 0 Å². The van der Waals surface area contributed by atoms with Crippen LogP contribution in [-0.4, -0.2) is 166 Å². The predicted octanol–water partition coefficient (Wildman–Crippen LogP) is 10.2. The Labute approximate surface area is 748 Å². The number of aromatic carboxylic acids is 1. The maximum Gasteiger partial charge on any atom is 2.00 e. The Kier molecular flexibility index (Phi) is 49.7. The Morgan fingerprint density at radius 3 is 1.54 bits per heavy atom. The van der Waals surface area contributed by atoms with Crippen molar-refractivity contribution >= 4 is 100 Å². The molecule has 14 rings (SSSR count). The number of halogens is 7. The normalized spacial score (nSPS) is 11.7. The van der Waals surface area contributed by atoms with E-state index in [9.17, 15) is 67.5 Å². The number of aldehydes is 1. The van der Waals surface area contributed by atoms with Crippen molar-refractivity contribution in [2.45, 2.75) is 57.8 Å². The quantitative estimate of drug-likeness (QED) is 0.00414. The molecule has 12 aromatic rings. The largest absolute Gasteiger partial charge is 2.00 e. The van der Waals surface area contributed by atoms with Gasteiger partial charge in [0, 0.05) is 139 Å². The van der Waals surface area contributed by atoms with Gasteiger partial charge in [-0.1, -0.05) is 67.0 Å². The number of carbonyl (C=O) groups excluding carboxylic acids is 2. The number of anilines is 2. The molecule has 13 N–H and O–H groups in total. The number of benzene rings is 6. The average Bonchev–Trinajstić information content (AvgIpc) is 1.62. The number of pyridine rings is 4. The van der Waals surface area contributed by atoms with Gasteiger partial charge in [-0.25, -0.2) is 44.1 Å². The Bertz CT molecular complexity index is 5370. The number of aliphatic hydroxyl groups excluding tert-OH is 4. The second-order valence-corrected chi connectivity index (χ2v) is 27.8. The fraction of sp³-hybridized carbons (Fsp3) is 0.202. The molecule has 646 valence electrons. The SMILES string of the molecule is C1CCOC1.Cc1cc(C(=O)O)n(-c2cccc(C#N)c2)n1.NCCNCCN.Nc1cc(C(O)c2cccnc2)ccc1F.O=Cc1ccc(F)c([N+](=O)[O-])c1.O=S(Cl)Cl.O=[N+]([O-])c1cc(C(O)c2cccnc2)ccc1F.OCC1CC1.[Br-].[C-]#[N+]c1cccc(-n2nc(C)cc2C(=O)Nc2cc(C(O)c3cccnc3)ccc2F)c1.[Mg+2].[c-]1cccnc1. The molecule has 3 atom stereocenters. The van der Waals surface area contributed by atoms with E-state index in [0.29, 0.717) is 93.7 Å². The zero-order chi connectivity index (χ0) is 89.5. The third kappa shape index (κ3) is 37.7. The molecule has 0 radical (unpaired) electrons. The predicted molar refractivity (Wildman–Crippen MR) is 456 cm³/mol. The standard InChI is InChI=1S/C24H18FN5O2.C12H9FN2O3.C12H11FN2O.C12H9N3O2.C7H4FNO3.C5H4N.C4H13N3.2C4H8O.BrH.Cl2OS.Mg/c1-15-11-22(30(29-15)19-7-3-6-18(13-19)26-2)24(32)28-21-12-16(8-9-20(21)25)23(31)17-5-4-10-27-14-17;13-10-4-3-8(6-11(10)15(17)18)12(16)9-2-1-5-14-7-9;13-10-4-3-8(6-11(10)14)12(16)9-2-1-5-15-7-9;1-8-5-11(12(16)17)15(14-8)10-4-2-3-9(6-10)7-13;8-6-2-1-5(4-10)3-7(6)9(11)12;1-2-4-6-5-3-1;5-1-3-7-4-2-6;5-3-4-1-2-4;1-2-4-5-3-1;;1-4(2)3;/h3-14,23,31H,1H3,(H,28,32);1-7,12,16H;1-7,12,16H,14H2;2-6H,1H3,(H,16,17);1-4H;1-2,4-5H;7H,1-6H2;4-5H,1-3H2;1-4H2;1H;;/q;;;;;-1;;;;;;+2/p-1. The number of carboxylic acid groups (broad SMARTS) is 1. The van der Waals surface area contributed by atoms with Gasteiger partial charge in [-0.3, -0.25) is 44.8 Å². The van der Waals surface area contributed by atoms with Crippen molar-refractivity contribution in [2.24, 2.45) is 17.4 Å². The molecule has 1 aliphatic heterocycles. The number of carbonyl (C=O) groups is 3. The number of aryl methyl sites for hydroxylation is 2. The number of nitro benzene ring substituents is 2. The van der Waals surface area contributed by atoms with Gasteiger partial charge in [0.1, 0.15) is 41.9 Å².